The van der Waals surface area contributed by atoms with E-state index < -0.39 is 0 Å². The molecule has 0 fully saturated rings. The number of nitrogens with zero attached hydrogens (tertiary/aromatic N) is 2. The molecular formula is C20H22N4O5S. The number of amides is 2. The van der Waals surface area contributed by atoms with Gasteiger partial charge >= 0.3 is 0 Å². The fraction of sp³-hybridized carbons (Fsp3) is 0.300. The van der Waals surface area contributed by atoms with E-state index in [2.05, 4.69) is 20.8 Å². The molecule has 1 atom stereocenters. The summed E-state index contributed by atoms with van der Waals surface area (Å²) in [6, 6.07) is 10.5. The quantitative estimate of drug-likeness (QED) is 0.508. The SMILES string of the molecule is COc1ccc(NC(=O)c2nnc(COCC(=O)NC(C)Cc3ccco3)s2)cc1. The Balaban J connectivity index is 1.40. The van der Waals surface area contributed by atoms with Crippen LogP contribution in [-0.2, 0) is 22.6 Å². The molecule has 0 aliphatic heterocycles. The molecule has 0 saturated carbocycles. The molecule has 2 N–H and O–H groups in total. The Kier molecular flexibility index (Phi) is 7.52. The summed E-state index contributed by atoms with van der Waals surface area (Å²) in [6.45, 7) is 1.86. The van der Waals surface area contributed by atoms with Crippen LogP contribution in [0.25, 0.3) is 0 Å². The van der Waals surface area contributed by atoms with Gasteiger partial charge in [-0.2, -0.15) is 0 Å². The summed E-state index contributed by atoms with van der Waals surface area (Å²) in [5.41, 5.74) is 0.620. The van der Waals surface area contributed by atoms with Crippen LogP contribution in [0, 0.1) is 0 Å². The minimum absolute atomic E-state index is 0.0815. The van der Waals surface area contributed by atoms with Crippen molar-refractivity contribution in [2.24, 2.45) is 0 Å². The molecule has 0 aliphatic rings. The van der Waals surface area contributed by atoms with E-state index in [9.17, 15) is 9.59 Å². The summed E-state index contributed by atoms with van der Waals surface area (Å²) >= 11 is 1.11. The predicted molar refractivity (Wildman–Crippen MR) is 111 cm³/mol. The molecular weight excluding hydrogens is 408 g/mol. The van der Waals surface area contributed by atoms with Crippen molar-refractivity contribution < 1.29 is 23.5 Å². The van der Waals surface area contributed by atoms with Gasteiger partial charge in [-0.25, -0.2) is 0 Å². The second-order valence-corrected chi connectivity index (χ2v) is 7.49. The number of aromatic nitrogens is 2. The Labute approximate surface area is 177 Å². The normalized spacial score (nSPS) is 11.7. The maximum absolute atomic E-state index is 12.3. The van der Waals surface area contributed by atoms with E-state index in [0.29, 0.717) is 22.9 Å². The molecule has 9 nitrogen and oxygen atoms in total. The minimum atomic E-state index is -0.367. The predicted octanol–water partition coefficient (Wildman–Crippen LogP) is 2.66. The average molecular weight is 430 g/mol. The second kappa shape index (κ2) is 10.5. The highest BCUT2D eigenvalue weighted by Gasteiger charge is 2.14. The first kappa shape index (κ1) is 21.5. The first-order valence-electron chi connectivity index (χ1n) is 9.20. The zero-order valence-electron chi connectivity index (χ0n) is 16.6. The van der Waals surface area contributed by atoms with Crippen LogP contribution in [-0.4, -0.2) is 41.8 Å². The summed E-state index contributed by atoms with van der Waals surface area (Å²) in [5, 5.41) is 14.1. The lowest BCUT2D eigenvalue weighted by atomic mass is 10.2. The van der Waals surface area contributed by atoms with Crippen molar-refractivity contribution in [3.8, 4) is 5.75 Å². The number of carbonyl (C=O) groups is 2. The number of nitrogens with one attached hydrogen (secondary N) is 2. The topological polar surface area (TPSA) is 116 Å². The molecule has 2 aromatic heterocycles. The molecule has 3 rings (SSSR count). The molecule has 1 unspecified atom stereocenters. The lowest BCUT2D eigenvalue weighted by molar-refractivity contribution is -0.126. The minimum Gasteiger partial charge on any atom is -0.497 e. The number of benzene rings is 1. The first-order chi connectivity index (χ1) is 14.5. The summed E-state index contributed by atoms with van der Waals surface area (Å²) in [7, 11) is 1.57. The summed E-state index contributed by atoms with van der Waals surface area (Å²) in [4.78, 5) is 24.2. The third-order valence-electron chi connectivity index (χ3n) is 3.96. The van der Waals surface area contributed by atoms with E-state index in [1.54, 1.807) is 43.7 Å². The van der Waals surface area contributed by atoms with E-state index in [1.807, 2.05) is 13.0 Å². The third kappa shape index (κ3) is 6.39. The van der Waals surface area contributed by atoms with Crippen molar-refractivity contribution >= 4 is 28.8 Å². The van der Waals surface area contributed by atoms with Gasteiger partial charge in [-0.15, -0.1) is 10.2 Å². The largest absolute Gasteiger partial charge is 0.497 e. The molecule has 3 aromatic rings. The molecule has 2 amide bonds. The number of furan rings is 1. The molecule has 0 aliphatic carbocycles. The fourth-order valence-corrected chi connectivity index (χ4v) is 3.26. The smallest absolute Gasteiger partial charge is 0.286 e. The van der Waals surface area contributed by atoms with Crippen LogP contribution in [0.2, 0.25) is 0 Å². The van der Waals surface area contributed by atoms with Crippen LogP contribution in [0.1, 0.15) is 27.5 Å². The van der Waals surface area contributed by atoms with Crippen molar-refractivity contribution in [2.75, 3.05) is 19.0 Å². The number of anilines is 1. The van der Waals surface area contributed by atoms with Gasteiger partial charge in [0.2, 0.25) is 10.9 Å². The molecule has 1 aromatic carbocycles. The van der Waals surface area contributed by atoms with E-state index in [0.717, 1.165) is 17.1 Å². The zero-order valence-corrected chi connectivity index (χ0v) is 17.4. The molecule has 30 heavy (non-hydrogen) atoms. The number of ether oxygens (including phenoxy) is 2. The van der Waals surface area contributed by atoms with E-state index in [1.165, 1.54) is 0 Å². The van der Waals surface area contributed by atoms with E-state index >= 15 is 0 Å². The summed E-state index contributed by atoms with van der Waals surface area (Å²) < 4.78 is 15.7. The average Bonchev–Trinajstić information content (AvgIpc) is 3.40. The first-order valence-corrected chi connectivity index (χ1v) is 10.0. The van der Waals surface area contributed by atoms with Crippen molar-refractivity contribution in [3.63, 3.8) is 0 Å². The van der Waals surface area contributed by atoms with Gasteiger partial charge in [0, 0.05) is 18.2 Å². The van der Waals surface area contributed by atoms with Crippen molar-refractivity contribution in [3.05, 3.63) is 58.4 Å². The van der Waals surface area contributed by atoms with Crippen LogP contribution >= 0.6 is 11.3 Å². The maximum Gasteiger partial charge on any atom is 0.286 e. The van der Waals surface area contributed by atoms with Crippen molar-refractivity contribution in [1.29, 1.82) is 0 Å². The number of rotatable bonds is 10. The van der Waals surface area contributed by atoms with E-state index in [-0.39, 0.29) is 36.1 Å². The Hall–Kier alpha value is -3.24. The second-order valence-electron chi connectivity index (χ2n) is 6.43. The van der Waals surface area contributed by atoms with E-state index in [4.69, 9.17) is 13.9 Å². The number of carbonyl (C=O) groups excluding carboxylic acids is 2. The van der Waals surface area contributed by atoms with Crippen LogP contribution in [0.15, 0.2) is 47.1 Å². The van der Waals surface area contributed by atoms with Crippen LogP contribution in [0.5, 0.6) is 5.75 Å². The van der Waals surface area contributed by atoms with Gasteiger partial charge in [0.25, 0.3) is 5.91 Å². The van der Waals surface area contributed by atoms with Gasteiger partial charge in [0.15, 0.2) is 0 Å². The van der Waals surface area contributed by atoms with Gasteiger partial charge in [-0.1, -0.05) is 11.3 Å². The monoisotopic (exact) mass is 430 g/mol. The van der Waals surface area contributed by atoms with Gasteiger partial charge in [0.1, 0.15) is 29.7 Å². The van der Waals surface area contributed by atoms with Crippen molar-refractivity contribution in [2.45, 2.75) is 26.0 Å². The number of methoxy groups -OCH3 is 1. The van der Waals surface area contributed by atoms with Crippen molar-refractivity contribution in [1.82, 2.24) is 15.5 Å². The molecule has 10 heteroatoms. The fourth-order valence-electron chi connectivity index (χ4n) is 2.59. The molecule has 0 bridgehead atoms. The third-order valence-corrected chi connectivity index (χ3v) is 4.86. The van der Waals surface area contributed by atoms with Gasteiger partial charge in [-0.3, -0.25) is 9.59 Å². The molecule has 0 saturated heterocycles. The lowest BCUT2D eigenvalue weighted by Crippen LogP contribution is -2.36. The molecule has 0 spiro atoms. The molecule has 158 valence electrons. The summed E-state index contributed by atoms with van der Waals surface area (Å²) in [5.74, 6) is 0.894. The number of hydrogen-bond donors (Lipinski definition) is 2. The highest BCUT2D eigenvalue weighted by atomic mass is 32.1. The molecule has 0 radical (unpaired) electrons. The Bertz CT molecular complexity index is 956. The standard InChI is InChI=1S/C20H22N4O5S/c1-13(10-16-4-3-9-29-16)21-17(25)11-28-12-18-23-24-20(30-18)19(26)22-14-5-7-15(27-2)8-6-14/h3-9,13H,10-12H2,1-2H3,(H,21,25)(H,22,26). The highest BCUT2D eigenvalue weighted by Crippen LogP contribution is 2.17. The van der Waals surface area contributed by atoms with Crippen LogP contribution < -0.4 is 15.4 Å². The van der Waals surface area contributed by atoms with Crippen LogP contribution in [0.3, 0.4) is 0 Å². The Morgan fingerprint density at radius 2 is 2.00 bits per heavy atom. The Morgan fingerprint density at radius 3 is 2.70 bits per heavy atom. The van der Waals surface area contributed by atoms with Gasteiger partial charge < -0.3 is 24.5 Å². The highest BCUT2D eigenvalue weighted by molar-refractivity contribution is 7.13. The van der Waals surface area contributed by atoms with Gasteiger partial charge in [0.05, 0.1) is 13.4 Å². The Morgan fingerprint density at radius 1 is 1.20 bits per heavy atom. The van der Waals surface area contributed by atoms with Crippen LogP contribution in [0.4, 0.5) is 5.69 Å². The molecule has 2 heterocycles. The van der Waals surface area contributed by atoms with Gasteiger partial charge in [-0.05, 0) is 43.3 Å². The zero-order chi connectivity index (χ0) is 21.3. The summed E-state index contributed by atoms with van der Waals surface area (Å²) in [6.07, 6.45) is 2.20. The lowest BCUT2D eigenvalue weighted by Gasteiger charge is -2.12. The maximum atomic E-state index is 12.3. The number of hydrogen-bond acceptors (Lipinski definition) is 8.